The van der Waals surface area contributed by atoms with Gasteiger partial charge in [-0.2, -0.15) is 0 Å². The molecule has 22 heavy (non-hydrogen) atoms. The van der Waals surface area contributed by atoms with Gasteiger partial charge in [-0.1, -0.05) is 24.3 Å². The quantitative estimate of drug-likeness (QED) is 0.934. The van der Waals surface area contributed by atoms with E-state index in [9.17, 15) is 9.59 Å². The number of hydrogen-bond acceptors (Lipinski definition) is 3. The molecule has 0 aliphatic carbocycles. The maximum atomic E-state index is 12.2. The van der Waals surface area contributed by atoms with E-state index >= 15 is 0 Å². The van der Waals surface area contributed by atoms with E-state index in [1.54, 1.807) is 11.1 Å². The first-order chi connectivity index (χ1) is 10.7. The van der Waals surface area contributed by atoms with Gasteiger partial charge in [-0.15, -0.1) is 0 Å². The fourth-order valence-electron chi connectivity index (χ4n) is 2.57. The van der Waals surface area contributed by atoms with Crippen molar-refractivity contribution in [3.63, 3.8) is 0 Å². The van der Waals surface area contributed by atoms with Crippen LogP contribution in [0.5, 0.6) is 0 Å². The molecular formula is C17H17N3O2. The molecule has 1 atom stereocenters. The maximum Gasteiger partial charge on any atom is 0.227 e. The number of pyridine rings is 1. The molecule has 1 saturated heterocycles. The van der Waals surface area contributed by atoms with Crippen LogP contribution in [0.2, 0.25) is 0 Å². The van der Waals surface area contributed by atoms with Crippen LogP contribution in [0, 0.1) is 5.92 Å². The van der Waals surface area contributed by atoms with Gasteiger partial charge in [-0.25, -0.2) is 0 Å². The largest absolute Gasteiger partial charge is 0.350 e. The number of para-hydroxylation sites is 1. The molecule has 112 valence electrons. The van der Waals surface area contributed by atoms with E-state index in [-0.39, 0.29) is 24.2 Å². The van der Waals surface area contributed by atoms with Crippen molar-refractivity contribution in [1.82, 2.24) is 10.3 Å². The zero-order chi connectivity index (χ0) is 15.4. The Morgan fingerprint density at radius 1 is 1.18 bits per heavy atom. The molecule has 5 heteroatoms. The van der Waals surface area contributed by atoms with Gasteiger partial charge >= 0.3 is 0 Å². The standard InChI is InChI=1S/C17H17N3O2/c21-16-10-13(12-20(16)15-7-2-1-3-8-15)17(22)19-11-14-6-4-5-9-18-14/h1-9,13H,10-12H2,(H,19,22)/t13-/m0/s1. The highest BCUT2D eigenvalue weighted by Gasteiger charge is 2.34. The summed E-state index contributed by atoms with van der Waals surface area (Å²) in [6.45, 7) is 0.812. The van der Waals surface area contributed by atoms with Crippen LogP contribution >= 0.6 is 0 Å². The van der Waals surface area contributed by atoms with Crippen LogP contribution in [0.15, 0.2) is 54.7 Å². The van der Waals surface area contributed by atoms with Crippen LogP contribution in [0.4, 0.5) is 5.69 Å². The minimum atomic E-state index is -0.309. The summed E-state index contributed by atoms with van der Waals surface area (Å²) in [5.41, 5.74) is 1.65. The molecule has 3 rings (SSSR count). The van der Waals surface area contributed by atoms with E-state index in [4.69, 9.17) is 0 Å². The van der Waals surface area contributed by atoms with Gasteiger partial charge in [-0.3, -0.25) is 14.6 Å². The molecule has 1 N–H and O–H groups in total. The number of benzene rings is 1. The second-order valence-corrected chi connectivity index (χ2v) is 5.28. The average molecular weight is 295 g/mol. The highest BCUT2D eigenvalue weighted by atomic mass is 16.2. The molecule has 1 aromatic carbocycles. The van der Waals surface area contributed by atoms with Crippen molar-refractivity contribution in [1.29, 1.82) is 0 Å². The third kappa shape index (κ3) is 3.14. The summed E-state index contributed by atoms with van der Waals surface area (Å²) >= 11 is 0. The van der Waals surface area contributed by atoms with Crippen molar-refractivity contribution in [3.8, 4) is 0 Å². The molecular weight excluding hydrogens is 278 g/mol. The SMILES string of the molecule is O=C(NCc1ccccn1)[C@H]1CC(=O)N(c2ccccc2)C1. The Morgan fingerprint density at radius 2 is 1.95 bits per heavy atom. The number of nitrogens with one attached hydrogen (secondary N) is 1. The van der Waals surface area contributed by atoms with Crippen molar-refractivity contribution in [2.75, 3.05) is 11.4 Å². The minimum Gasteiger partial charge on any atom is -0.350 e. The number of rotatable bonds is 4. The lowest BCUT2D eigenvalue weighted by Gasteiger charge is -2.16. The summed E-state index contributed by atoms with van der Waals surface area (Å²) in [6, 6.07) is 15.0. The van der Waals surface area contributed by atoms with Crippen LogP contribution in [0.1, 0.15) is 12.1 Å². The van der Waals surface area contributed by atoms with Crippen molar-refractivity contribution in [3.05, 3.63) is 60.4 Å². The van der Waals surface area contributed by atoms with Crippen molar-refractivity contribution >= 4 is 17.5 Å². The third-order valence-corrected chi connectivity index (χ3v) is 3.73. The monoisotopic (exact) mass is 295 g/mol. The smallest absolute Gasteiger partial charge is 0.227 e. The van der Waals surface area contributed by atoms with Gasteiger partial charge in [0.2, 0.25) is 11.8 Å². The molecule has 1 aliphatic heterocycles. The zero-order valence-corrected chi connectivity index (χ0v) is 12.1. The molecule has 0 spiro atoms. The van der Waals surface area contributed by atoms with E-state index < -0.39 is 0 Å². The Bertz CT molecular complexity index is 658. The van der Waals surface area contributed by atoms with Crippen LogP contribution in [-0.2, 0) is 16.1 Å². The second-order valence-electron chi connectivity index (χ2n) is 5.28. The summed E-state index contributed by atoms with van der Waals surface area (Å²) in [5, 5.41) is 2.85. The van der Waals surface area contributed by atoms with E-state index in [0.717, 1.165) is 11.4 Å². The predicted molar refractivity (Wildman–Crippen MR) is 83.0 cm³/mol. The first-order valence-corrected chi connectivity index (χ1v) is 7.27. The molecule has 2 heterocycles. The maximum absolute atomic E-state index is 12.2. The van der Waals surface area contributed by atoms with Crippen LogP contribution in [-0.4, -0.2) is 23.3 Å². The van der Waals surface area contributed by atoms with Crippen LogP contribution in [0.3, 0.4) is 0 Å². The van der Waals surface area contributed by atoms with Crippen molar-refractivity contribution in [2.45, 2.75) is 13.0 Å². The van der Waals surface area contributed by atoms with Crippen LogP contribution in [0.25, 0.3) is 0 Å². The molecule has 1 fully saturated rings. The second kappa shape index (κ2) is 6.39. The van der Waals surface area contributed by atoms with E-state index in [1.807, 2.05) is 48.5 Å². The lowest BCUT2D eigenvalue weighted by Crippen LogP contribution is -2.32. The summed E-state index contributed by atoms with van der Waals surface area (Å²) < 4.78 is 0. The lowest BCUT2D eigenvalue weighted by atomic mass is 10.1. The number of anilines is 1. The molecule has 1 aliphatic rings. The topological polar surface area (TPSA) is 62.3 Å². The number of hydrogen-bond donors (Lipinski definition) is 1. The molecule has 2 amide bonds. The first kappa shape index (κ1) is 14.3. The fraction of sp³-hybridized carbons (Fsp3) is 0.235. The Hall–Kier alpha value is -2.69. The predicted octanol–water partition coefficient (Wildman–Crippen LogP) is 1.75. The first-order valence-electron chi connectivity index (χ1n) is 7.27. The normalized spacial score (nSPS) is 17.5. The van der Waals surface area contributed by atoms with Gasteiger partial charge in [-0.05, 0) is 24.3 Å². The van der Waals surface area contributed by atoms with E-state index in [2.05, 4.69) is 10.3 Å². The van der Waals surface area contributed by atoms with Gasteiger partial charge in [0.15, 0.2) is 0 Å². The number of carbonyl (C=O) groups is 2. The Kier molecular flexibility index (Phi) is 4.14. The summed E-state index contributed by atoms with van der Waals surface area (Å²) in [7, 11) is 0. The zero-order valence-electron chi connectivity index (χ0n) is 12.1. The number of carbonyl (C=O) groups excluding carboxylic acids is 2. The van der Waals surface area contributed by atoms with Crippen LogP contribution < -0.4 is 10.2 Å². The highest BCUT2D eigenvalue weighted by molar-refractivity contribution is 6.00. The lowest BCUT2D eigenvalue weighted by molar-refractivity contribution is -0.126. The highest BCUT2D eigenvalue weighted by Crippen LogP contribution is 2.24. The molecule has 0 saturated carbocycles. The van der Waals surface area contributed by atoms with Gasteiger partial charge in [0.05, 0.1) is 18.2 Å². The third-order valence-electron chi connectivity index (χ3n) is 3.73. The van der Waals surface area contributed by atoms with Gasteiger partial charge in [0.25, 0.3) is 0 Å². The Labute approximate surface area is 129 Å². The number of amides is 2. The average Bonchev–Trinajstić information content (AvgIpc) is 2.96. The van der Waals surface area contributed by atoms with Gasteiger partial charge < -0.3 is 10.2 Å². The number of aromatic nitrogens is 1. The Balaban J connectivity index is 1.59. The fourth-order valence-corrected chi connectivity index (χ4v) is 2.57. The van der Waals surface area contributed by atoms with Crippen molar-refractivity contribution in [2.24, 2.45) is 5.92 Å². The summed E-state index contributed by atoms with van der Waals surface area (Å²) in [5.74, 6) is -0.418. The van der Waals surface area contributed by atoms with Gasteiger partial charge in [0.1, 0.15) is 0 Å². The van der Waals surface area contributed by atoms with Crippen molar-refractivity contribution < 1.29 is 9.59 Å². The molecule has 0 radical (unpaired) electrons. The molecule has 0 unspecified atom stereocenters. The minimum absolute atomic E-state index is 0.0100. The van der Waals surface area contributed by atoms with E-state index in [0.29, 0.717) is 13.1 Å². The summed E-state index contributed by atoms with van der Waals surface area (Å²) in [6.07, 6.45) is 1.95. The van der Waals surface area contributed by atoms with E-state index in [1.165, 1.54) is 0 Å². The molecule has 2 aromatic rings. The molecule has 0 bridgehead atoms. The number of nitrogens with zero attached hydrogens (tertiary/aromatic N) is 2. The van der Waals surface area contributed by atoms with Gasteiger partial charge in [0, 0.05) is 24.8 Å². The molecule has 1 aromatic heterocycles. The Morgan fingerprint density at radius 3 is 2.68 bits per heavy atom. The molecule has 5 nitrogen and oxygen atoms in total. The summed E-state index contributed by atoms with van der Waals surface area (Å²) in [4.78, 5) is 30.2.